The summed E-state index contributed by atoms with van der Waals surface area (Å²) < 4.78 is 5.54. The molecule has 28 heavy (non-hydrogen) atoms. The minimum atomic E-state index is -0.261. The van der Waals surface area contributed by atoms with Crippen LogP contribution in [0.4, 0.5) is 10.5 Å². The third-order valence-corrected chi connectivity index (χ3v) is 5.73. The molecule has 0 spiro atoms. The van der Waals surface area contributed by atoms with Gasteiger partial charge < -0.3 is 9.64 Å². The van der Waals surface area contributed by atoms with Crippen molar-refractivity contribution in [3.05, 3.63) is 66.2 Å². The molecule has 2 fully saturated rings. The number of para-hydroxylation sites is 1. The predicted molar refractivity (Wildman–Crippen MR) is 109 cm³/mol. The van der Waals surface area contributed by atoms with E-state index < -0.39 is 0 Å². The fourth-order valence-electron chi connectivity index (χ4n) is 4.07. The summed E-state index contributed by atoms with van der Waals surface area (Å²) in [5.74, 6) is 0.389. The second kappa shape index (κ2) is 8.57. The van der Waals surface area contributed by atoms with Gasteiger partial charge in [0.05, 0.1) is 6.54 Å². The molecular weight excluding hydrogens is 352 g/mol. The van der Waals surface area contributed by atoms with E-state index in [9.17, 15) is 9.59 Å². The van der Waals surface area contributed by atoms with Gasteiger partial charge in [0.15, 0.2) is 5.78 Å². The summed E-state index contributed by atoms with van der Waals surface area (Å²) in [6.07, 6.45) is 2.29. The van der Waals surface area contributed by atoms with Crippen molar-refractivity contribution in [3.8, 4) is 0 Å². The van der Waals surface area contributed by atoms with Crippen molar-refractivity contribution in [2.75, 3.05) is 31.1 Å². The SMILES string of the molecule is O=C(c1ccccc1)C1CCN(CCC2CN(c3ccccc3)C(=O)O2)CC1. The topological polar surface area (TPSA) is 49.9 Å². The summed E-state index contributed by atoms with van der Waals surface area (Å²) in [6.45, 7) is 3.34. The first-order chi connectivity index (χ1) is 13.7. The fourth-order valence-corrected chi connectivity index (χ4v) is 4.07. The number of ether oxygens (including phenoxy) is 1. The lowest BCUT2D eigenvalue weighted by Gasteiger charge is -2.31. The Bertz CT molecular complexity index is 801. The molecule has 2 heterocycles. The number of Topliss-reactive ketones (excluding diaryl/α,β-unsaturated/α-hetero) is 1. The van der Waals surface area contributed by atoms with Gasteiger partial charge in [0.2, 0.25) is 0 Å². The third kappa shape index (κ3) is 4.25. The van der Waals surface area contributed by atoms with Crippen molar-refractivity contribution in [1.29, 1.82) is 0 Å². The van der Waals surface area contributed by atoms with Gasteiger partial charge in [-0.05, 0) is 44.5 Å². The van der Waals surface area contributed by atoms with Gasteiger partial charge in [-0.25, -0.2) is 4.79 Å². The molecule has 2 aromatic rings. The molecule has 5 nitrogen and oxygen atoms in total. The Labute approximate surface area is 165 Å². The number of amides is 1. The van der Waals surface area contributed by atoms with Crippen LogP contribution < -0.4 is 4.90 Å². The van der Waals surface area contributed by atoms with Gasteiger partial charge in [0, 0.05) is 23.7 Å². The smallest absolute Gasteiger partial charge is 0.414 e. The van der Waals surface area contributed by atoms with Gasteiger partial charge >= 0.3 is 6.09 Å². The van der Waals surface area contributed by atoms with Crippen LogP contribution in [0.1, 0.15) is 29.6 Å². The highest BCUT2D eigenvalue weighted by molar-refractivity contribution is 5.97. The molecule has 1 unspecified atom stereocenters. The molecule has 5 heteroatoms. The number of ketones is 1. The predicted octanol–water partition coefficient (Wildman–Crippen LogP) is 4.00. The molecule has 1 atom stereocenters. The number of carbonyl (C=O) groups is 2. The first-order valence-electron chi connectivity index (χ1n) is 10.1. The quantitative estimate of drug-likeness (QED) is 0.713. The molecule has 146 valence electrons. The van der Waals surface area contributed by atoms with Gasteiger partial charge in [-0.15, -0.1) is 0 Å². The van der Waals surface area contributed by atoms with Crippen molar-refractivity contribution in [2.45, 2.75) is 25.4 Å². The average Bonchev–Trinajstić information content (AvgIpc) is 3.14. The minimum absolute atomic E-state index is 0.0728. The van der Waals surface area contributed by atoms with Gasteiger partial charge in [0.25, 0.3) is 0 Å². The Morgan fingerprint density at radius 1 is 0.964 bits per heavy atom. The number of anilines is 1. The van der Waals surface area contributed by atoms with E-state index in [0.29, 0.717) is 6.54 Å². The summed E-state index contributed by atoms with van der Waals surface area (Å²) in [5, 5.41) is 0. The molecule has 0 aliphatic carbocycles. The van der Waals surface area contributed by atoms with E-state index in [2.05, 4.69) is 4.90 Å². The zero-order chi connectivity index (χ0) is 19.3. The monoisotopic (exact) mass is 378 g/mol. The lowest BCUT2D eigenvalue weighted by molar-refractivity contribution is 0.0815. The van der Waals surface area contributed by atoms with E-state index in [-0.39, 0.29) is 23.9 Å². The third-order valence-electron chi connectivity index (χ3n) is 5.73. The number of likely N-dealkylation sites (tertiary alicyclic amines) is 1. The average molecular weight is 378 g/mol. The molecule has 0 saturated carbocycles. The highest BCUT2D eigenvalue weighted by Crippen LogP contribution is 2.25. The number of benzene rings is 2. The first kappa shape index (κ1) is 18.7. The lowest BCUT2D eigenvalue weighted by atomic mass is 9.89. The zero-order valence-electron chi connectivity index (χ0n) is 16.0. The Hall–Kier alpha value is -2.66. The maximum Gasteiger partial charge on any atom is 0.414 e. The van der Waals surface area contributed by atoms with Crippen LogP contribution in [-0.2, 0) is 4.74 Å². The molecule has 0 bridgehead atoms. The van der Waals surface area contributed by atoms with Crippen LogP contribution in [0, 0.1) is 5.92 Å². The van der Waals surface area contributed by atoms with Gasteiger partial charge in [-0.1, -0.05) is 48.5 Å². The van der Waals surface area contributed by atoms with Crippen LogP contribution in [0.5, 0.6) is 0 Å². The number of hydrogen-bond acceptors (Lipinski definition) is 4. The number of cyclic esters (lactones) is 1. The molecule has 0 N–H and O–H groups in total. The molecule has 2 saturated heterocycles. The van der Waals surface area contributed by atoms with Crippen molar-refractivity contribution in [1.82, 2.24) is 4.90 Å². The normalized spacial score (nSPS) is 20.9. The number of nitrogens with zero attached hydrogens (tertiary/aromatic N) is 2. The number of carbonyl (C=O) groups excluding carboxylic acids is 2. The standard InChI is InChI=1S/C23H26N2O3/c26-22(18-7-3-1-4-8-18)19-11-14-24(15-12-19)16-13-21-17-25(23(27)28-21)20-9-5-2-6-10-20/h1-10,19,21H,11-17H2. The second-order valence-corrected chi connectivity index (χ2v) is 7.59. The van der Waals surface area contributed by atoms with E-state index >= 15 is 0 Å². The van der Waals surface area contributed by atoms with Crippen molar-refractivity contribution < 1.29 is 14.3 Å². The zero-order valence-corrected chi connectivity index (χ0v) is 16.0. The van der Waals surface area contributed by atoms with Crippen LogP contribution in [0.2, 0.25) is 0 Å². The summed E-state index contributed by atoms with van der Waals surface area (Å²) >= 11 is 0. The minimum Gasteiger partial charge on any atom is -0.444 e. The number of rotatable bonds is 6. The molecule has 2 aromatic carbocycles. The fraction of sp³-hybridized carbons (Fsp3) is 0.391. The Morgan fingerprint density at radius 3 is 2.29 bits per heavy atom. The van der Waals surface area contributed by atoms with E-state index in [0.717, 1.165) is 50.1 Å². The Morgan fingerprint density at radius 2 is 1.61 bits per heavy atom. The van der Waals surface area contributed by atoms with Gasteiger partial charge in [-0.2, -0.15) is 0 Å². The highest BCUT2D eigenvalue weighted by atomic mass is 16.6. The van der Waals surface area contributed by atoms with Crippen LogP contribution in [0.3, 0.4) is 0 Å². The van der Waals surface area contributed by atoms with Gasteiger partial charge in [0.1, 0.15) is 6.10 Å². The first-order valence-corrected chi connectivity index (χ1v) is 10.1. The van der Waals surface area contributed by atoms with Crippen molar-refractivity contribution in [3.63, 3.8) is 0 Å². The maximum absolute atomic E-state index is 12.6. The Kier molecular flexibility index (Phi) is 5.72. The van der Waals surface area contributed by atoms with E-state index in [1.54, 1.807) is 4.90 Å². The molecule has 2 aliphatic heterocycles. The van der Waals surface area contributed by atoms with Crippen molar-refractivity contribution >= 4 is 17.6 Å². The molecule has 1 amide bonds. The maximum atomic E-state index is 12.6. The van der Waals surface area contributed by atoms with Crippen LogP contribution in [0.15, 0.2) is 60.7 Å². The number of piperidine rings is 1. The van der Waals surface area contributed by atoms with Crippen molar-refractivity contribution in [2.24, 2.45) is 5.92 Å². The highest BCUT2D eigenvalue weighted by Gasteiger charge is 2.33. The van der Waals surface area contributed by atoms with E-state index in [1.165, 1.54) is 0 Å². The summed E-state index contributed by atoms with van der Waals surface area (Å²) in [6, 6.07) is 19.2. The molecular formula is C23H26N2O3. The van der Waals surface area contributed by atoms with Crippen LogP contribution >= 0.6 is 0 Å². The molecule has 0 aromatic heterocycles. The largest absolute Gasteiger partial charge is 0.444 e. The van der Waals surface area contributed by atoms with Crippen LogP contribution in [-0.4, -0.2) is 49.1 Å². The lowest BCUT2D eigenvalue weighted by Crippen LogP contribution is -2.38. The summed E-state index contributed by atoms with van der Waals surface area (Å²) in [5.41, 5.74) is 1.70. The van der Waals surface area contributed by atoms with E-state index in [1.807, 2.05) is 60.7 Å². The van der Waals surface area contributed by atoms with Gasteiger partial charge in [-0.3, -0.25) is 9.69 Å². The van der Waals surface area contributed by atoms with Crippen LogP contribution in [0.25, 0.3) is 0 Å². The Balaban J connectivity index is 1.23. The molecule has 4 rings (SSSR count). The van der Waals surface area contributed by atoms with E-state index in [4.69, 9.17) is 4.74 Å². The number of hydrogen-bond donors (Lipinski definition) is 0. The summed E-state index contributed by atoms with van der Waals surface area (Å²) in [4.78, 5) is 28.8. The molecule has 0 radical (unpaired) electrons. The summed E-state index contributed by atoms with van der Waals surface area (Å²) in [7, 11) is 0. The second-order valence-electron chi connectivity index (χ2n) is 7.59. The molecule has 2 aliphatic rings.